The number of carbonyl (C=O) groups excluding carboxylic acids is 2. The number of imide groups is 1. The van der Waals surface area contributed by atoms with Gasteiger partial charge in [0.25, 0.3) is 5.91 Å². The fourth-order valence-corrected chi connectivity index (χ4v) is 1.88. The molecule has 0 spiro atoms. The van der Waals surface area contributed by atoms with E-state index in [1.807, 2.05) is 0 Å². The van der Waals surface area contributed by atoms with Gasteiger partial charge in [0.15, 0.2) is 6.10 Å². The van der Waals surface area contributed by atoms with E-state index in [9.17, 15) is 25.0 Å². The van der Waals surface area contributed by atoms with Gasteiger partial charge in [-0.2, -0.15) is 0 Å². The lowest BCUT2D eigenvalue weighted by Gasteiger charge is -2.41. The average Bonchev–Trinajstić information content (AvgIpc) is 2.62. The van der Waals surface area contributed by atoms with Crippen LogP contribution in [0.2, 0.25) is 0 Å². The predicted molar refractivity (Wildman–Crippen MR) is 54.1 cm³/mol. The van der Waals surface area contributed by atoms with Crippen molar-refractivity contribution >= 4 is 11.9 Å². The van der Waals surface area contributed by atoms with Crippen molar-refractivity contribution in [1.82, 2.24) is 5.32 Å². The Balaban J connectivity index is 2.29. The molecule has 3 amide bonds. The van der Waals surface area contributed by atoms with Crippen molar-refractivity contribution in [3.05, 3.63) is 17.5 Å². The Labute approximate surface area is 101 Å². The molecule has 0 saturated carbocycles. The number of ether oxygens (including phenoxy) is 1. The number of hydroxylamine groups is 3. The van der Waals surface area contributed by atoms with Crippen LogP contribution in [0.1, 0.15) is 0 Å². The monoisotopic (exact) mass is 260 g/mol. The number of aliphatic hydroxyl groups excluding tert-OH is 3. The maximum Gasteiger partial charge on any atom is 0.430 e. The van der Waals surface area contributed by atoms with Crippen LogP contribution in [0, 0.1) is 5.21 Å². The third-order valence-electron chi connectivity index (χ3n) is 2.89. The van der Waals surface area contributed by atoms with Crippen molar-refractivity contribution in [2.24, 2.45) is 0 Å². The number of rotatable bonds is 2. The highest BCUT2D eigenvalue weighted by atomic mass is 16.7. The van der Waals surface area contributed by atoms with Crippen LogP contribution >= 0.6 is 0 Å². The molecule has 5 atom stereocenters. The summed E-state index contributed by atoms with van der Waals surface area (Å²) in [6.45, 7) is -0.612. The minimum absolute atomic E-state index is 0.612. The molecule has 0 radical (unpaired) electrons. The molecule has 0 aromatic heterocycles. The number of nitrogens with zero attached hydrogens (tertiary/aromatic N) is 1. The average molecular weight is 260 g/mol. The van der Waals surface area contributed by atoms with E-state index < -0.39 is 47.7 Å². The molecule has 1 unspecified atom stereocenters. The van der Waals surface area contributed by atoms with Gasteiger partial charge in [-0.05, 0) is 0 Å². The van der Waals surface area contributed by atoms with Gasteiger partial charge in [-0.1, -0.05) is 0 Å². The second kappa shape index (κ2) is 4.39. The van der Waals surface area contributed by atoms with E-state index in [0.717, 1.165) is 12.3 Å². The highest BCUT2D eigenvalue weighted by molar-refractivity contribution is 6.00. The van der Waals surface area contributed by atoms with E-state index in [4.69, 9.17) is 9.84 Å². The van der Waals surface area contributed by atoms with Gasteiger partial charge in [0.1, 0.15) is 18.4 Å². The Kier molecular flexibility index (Phi) is 3.19. The van der Waals surface area contributed by atoms with Crippen molar-refractivity contribution in [2.75, 3.05) is 6.61 Å². The normalized spacial score (nSPS) is 44.2. The molecular weight excluding hydrogens is 248 g/mol. The van der Waals surface area contributed by atoms with Gasteiger partial charge in [0, 0.05) is 0 Å². The molecule has 2 aliphatic heterocycles. The molecule has 1 saturated heterocycles. The van der Waals surface area contributed by atoms with Gasteiger partial charge in [-0.25, -0.2) is 14.8 Å². The van der Waals surface area contributed by atoms with Gasteiger partial charge in [0.2, 0.25) is 6.23 Å². The van der Waals surface area contributed by atoms with Gasteiger partial charge < -0.3 is 25.3 Å². The predicted octanol–water partition coefficient (Wildman–Crippen LogP) is -2.50. The molecule has 2 rings (SSSR count). The zero-order valence-electron chi connectivity index (χ0n) is 9.09. The number of nitrogens with one attached hydrogen (secondary N) is 1. The molecule has 2 heterocycles. The van der Waals surface area contributed by atoms with E-state index in [2.05, 4.69) is 0 Å². The molecule has 2 aliphatic rings. The Hall–Kier alpha value is -1.36. The first-order valence-corrected chi connectivity index (χ1v) is 5.17. The van der Waals surface area contributed by atoms with Gasteiger partial charge in [-0.15, -0.1) is 0 Å². The van der Waals surface area contributed by atoms with E-state index in [0.29, 0.717) is 0 Å². The van der Waals surface area contributed by atoms with E-state index in [1.54, 1.807) is 5.32 Å². The first kappa shape index (κ1) is 13.1. The van der Waals surface area contributed by atoms with Gasteiger partial charge in [-0.3, -0.25) is 4.79 Å². The molecule has 0 bridgehead atoms. The van der Waals surface area contributed by atoms with Crippen molar-refractivity contribution < 1.29 is 34.3 Å². The second-order valence-electron chi connectivity index (χ2n) is 4.05. The first-order valence-electron chi connectivity index (χ1n) is 5.17. The summed E-state index contributed by atoms with van der Waals surface area (Å²) in [5, 5.41) is 42.1. The molecule has 0 aromatic rings. The summed E-state index contributed by atoms with van der Waals surface area (Å²) in [5.74, 6) is -0.753. The fraction of sp³-hybridized carbons (Fsp3) is 0.556. The van der Waals surface area contributed by atoms with Gasteiger partial charge in [0.05, 0.1) is 12.7 Å². The quantitative estimate of drug-likeness (QED) is 0.318. The Morgan fingerprint density at radius 3 is 2.56 bits per heavy atom. The highest BCUT2D eigenvalue weighted by Crippen LogP contribution is 2.30. The zero-order chi connectivity index (χ0) is 13.5. The van der Waals surface area contributed by atoms with Crippen molar-refractivity contribution in [3.8, 4) is 0 Å². The van der Waals surface area contributed by atoms with E-state index in [1.165, 1.54) is 0 Å². The SMILES string of the molecule is O=C1C=C[N+]([O-])([C@@H]2O[C@H](CO)[C@@H](O)[C@H]2O)C(=O)N1. The Bertz CT molecular complexity index is 412. The third-order valence-corrected chi connectivity index (χ3v) is 2.89. The zero-order valence-corrected chi connectivity index (χ0v) is 9.09. The summed E-state index contributed by atoms with van der Waals surface area (Å²) in [5.41, 5.74) is 0. The molecule has 4 N–H and O–H groups in total. The molecule has 18 heavy (non-hydrogen) atoms. The molecule has 0 aromatic carbocycles. The lowest BCUT2D eigenvalue weighted by molar-refractivity contribution is -0.807. The van der Waals surface area contributed by atoms with Crippen molar-refractivity contribution in [2.45, 2.75) is 24.5 Å². The standard InChI is InChI=1S/C9H12N2O7/c12-3-4-6(14)7(15)8(18-4)11(17)2-1-5(13)10-9(11)16/h1-2,4,6-8,12,14-15H,3H2,(H,10,13,16)/t4-,6-,7-,8-,11?/m1/s1. The molecule has 0 aliphatic carbocycles. The summed E-state index contributed by atoms with van der Waals surface area (Å²) < 4.78 is 3.19. The molecule has 100 valence electrons. The Morgan fingerprint density at radius 2 is 2.06 bits per heavy atom. The number of quaternary nitrogens is 1. The number of hydrogen-bond acceptors (Lipinski definition) is 7. The minimum atomic E-state index is -1.78. The number of aliphatic hydroxyl groups is 3. The van der Waals surface area contributed by atoms with Crippen LogP contribution in [0.15, 0.2) is 12.3 Å². The molecule has 9 heteroatoms. The summed E-state index contributed by atoms with van der Waals surface area (Å²) in [4.78, 5) is 22.4. The van der Waals surface area contributed by atoms with Crippen LogP contribution < -0.4 is 5.32 Å². The number of amides is 3. The lowest BCUT2D eigenvalue weighted by Crippen LogP contribution is -2.62. The summed E-state index contributed by atoms with van der Waals surface area (Å²) in [6, 6.07) is -1.22. The number of urea groups is 1. The maximum absolute atomic E-state index is 12.2. The van der Waals surface area contributed by atoms with Crippen LogP contribution in [0.4, 0.5) is 4.79 Å². The van der Waals surface area contributed by atoms with E-state index >= 15 is 0 Å². The third kappa shape index (κ3) is 1.82. The van der Waals surface area contributed by atoms with Crippen LogP contribution in [0.5, 0.6) is 0 Å². The number of hydrogen-bond donors (Lipinski definition) is 4. The molecule has 1 fully saturated rings. The van der Waals surface area contributed by atoms with Crippen molar-refractivity contribution in [3.63, 3.8) is 0 Å². The maximum atomic E-state index is 12.2. The lowest BCUT2D eigenvalue weighted by atomic mass is 10.1. The highest BCUT2D eigenvalue weighted by Gasteiger charge is 2.54. The van der Waals surface area contributed by atoms with Crippen LogP contribution in [-0.2, 0) is 9.53 Å². The van der Waals surface area contributed by atoms with E-state index in [-0.39, 0.29) is 0 Å². The second-order valence-corrected chi connectivity index (χ2v) is 4.05. The first-order chi connectivity index (χ1) is 8.40. The summed E-state index contributed by atoms with van der Waals surface area (Å²) in [7, 11) is 0. The minimum Gasteiger partial charge on any atom is -0.617 e. The summed E-state index contributed by atoms with van der Waals surface area (Å²) >= 11 is 0. The van der Waals surface area contributed by atoms with Gasteiger partial charge >= 0.3 is 6.03 Å². The smallest absolute Gasteiger partial charge is 0.430 e. The fourth-order valence-electron chi connectivity index (χ4n) is 1.88. The van der Waals surface area contributed by atoms with Crippen LogP contribution in [0.3, 0.4) is 0 Å². The van der Waals surface area contributed by atoms with Crippen molar-refractivity contribution in [1.29, 1.82) is 0 Å². The summed E-state index contributed by atoms with van der Waals surface area (Å²) in [6.07, 6.45) is -4.37. The van der Waals surface area contributed by atoms with Crippen LogP contribution in [-0.4, -0.2) is 63.1 Å². The topological polar surface area (TPSA) is 139 Å². The largest absolute Gasteiger partial charge is 0.617 e. The van der Waals surface area contributed by atoms with Crippen LogP contribution in [0.25, 0.3) is 0 Å². The molecule has 9 nitrogen and oxygen atoms in total. The number of carbonyl (C=O) groups is 2. The molecular formula is C9H12N2O7. The Morgan fingerprint density at radius 1 is 1.39 bits per heavy atom.